The molecule has 0 saturated carbocycles. The van der Waals surface area contributed by atoms with Crippen LogP contribution in [0.25, 0.3) is 10.9 Å². The lowest BCUT2D eigenvalue weighted by molar-refractivity contribution is 0.425. The number of nitrogens with two attached hydrogens (primary N) is 1. The fraction of sp³-hybridized carbons (Fsp3) is 0.357. The highest BCUT2D eigenvalue weighted by Crippen LogP contribution is 2.20. The van der Waals surface area contributed by atoms with Gasteiger partial charge >= 0.3 is 0 Å². The van der Waals surface area contributed by atoms with E-state index in [2.05, 4.69) is 35.4 Å². The van der Waals surface area contributed by atoms with E-state index in [9.17, 15) is 0 Å². The first kappa shape index (κ1) is 12.8. The maximum atomic E-state index is 5.80. The predicted molar refractivity (Wildman–Crippen MR) is 76.7 cm³/mol. The van der Waals surface area contributed by atoms with Gasteiger partial charge in [0.25, 0.3) is 0 Å². The van der Waals surface area contributed by atoms with Crippen molar-refractivity contribution in [2.24, 2.45) is 5.73 Å². The van der Waals surface area contributed by atoms with Gasteiger partial charge in [0.2, 0.25) is 0 Å². The predicted octanol–water partition coefficient (Wildman–Crippen LogP) is 1.67. The minimum atomic E-state index is 0.533. The van der Waals surface area contributed by atoms with Crippen LogP contribution < -0.4 is 11.1 Å². The Bertz CT molecular complexity index is 522. The lowest BCUT2D eigenvalue weighted by atomic mass is 10.1. The van der Waals surface area contributed by atoms with E-state index in [-0.39, 0.29) is 0 Å². The molecular weight excluding hydrogens is 224 g/mol. The van der Waals surface area contributed by atoms with Crippen LogP contribution in [0.3, 0.4) is 0 Å². The van der Waals surface area contributed by atoms with Gasteiger partial charge in [0.05, 0.1) is 5.52 Å². The number of hydrogen-bond acceptors (Lipinski definition) is 4. The van der Waals surface area contributed by atoms with Gasteiger partial charge in [-0.3, -0.25) is 0 Å². The van der Waals surface area contributed by atoms with Crippen molar-refractivity contribution in [3.05, 3.63) is 35.9 Å². The van der Waals surface area contributed by atoms with E-state index in [4.69, 9.17) is 5.73 Å². The summed E-state index contributed by atoms with van der Waals surface area (Å²) in [6.45, 7) is 2.39. The Balaban J connectivity index is 2.24. The Labute approximate surface area is 108 Å². The van der Waals surface area contributed by atoms with Gasteiger partial charge in [-0.1, -0.05) is 18.2 Å². The molecule has 0 aliphatic heterocycles. The zero-order valence-electron chi connectivity index (χ0n) is 11.0. The van der Waals surface area contributed by atoms with Crippen LogP contribution >= 0.6 is 0 Å². The molecule has 4 heteroatoms. The van der Waals surface area contributed by atoms with Crippen molar-refractivity contribution in [2.75, 3.05) is 32.5 Å². The van der Waals surface area contributed by atoms with Gasteiger partial charge in [0.1, 0.15) is 5.82 Å². The summed E-state index contributed by atoms with van der Waals surface area (Å²) in [6, 6.07) is 10.1. The highest BCUT2D eigenvalue weighted by atomic mass is 15.1. The minimum Gasteiger partial charge on any atom is -0.369 e. The van der Waals surface area contributed by atoms with Crippen molar-refractivity contribution >= 4 is 16.7 Å². The Kier molecular flexibility index (Phi) is 4.12. The maximum absolute atomic E-state index is 5.80. The molecule has 0 fully saturated rings. The van der Waals surface area contributed by atoms with Crippen LogP contribution in [0.4, 0.5) is 5.82 Å². The summed E-state index contributed by atoms with van der Waals surface area (Å²) in [5, 5.41) is 4.47. The molecule has 0 unspecified atom stereocenters. The number of rotatable bonds is 5. The first-order valence-electron chi connectivity index (χ1n) is 6.18. The molecular formula is C14H20N4. The third-order valence-corrected chi connectivity index (χ3v) is 2.89. The molecule has 2 aromatic rings. The van der Waals surface area contributed by atoms with Gasteiger partial charge in [0, 0.05) is 25.0 Å². The maximum Gasteiger partial charge on any atom is 0.127 e. The number of nitrogens with one attached hydrogen (secondary N) is 1. The third-order valence-electron chi connectivity index (χ3n) is 2.89. The van der Waals surface area contributed by atoms with Crippen molar-refractivity contribution in [1.29, 1.82) is 0 Å². The largest absolute Gasteiger partial charge is 0.369 e. The number of para-hydroxylation sites is 1. The summed E-state index contributed by atoms with van der Waals surface area (Å²) in [5.41, 5.74) is 7.92. The number of pyridine rings is 1. The van der Waals surface area contributed by atoms with Crippen LogP contribution in [-0.2, 0) is 6.54 Å². The van der Waals surface area contributed by atoms with E-state index in [0.29, 0.717) is 6.54 Å². The lowest BCUT2D eigenvalue weighted by Crippen LogP contribution is -2.21. The van der Waals surface area contributed by atoms with Crippen molar-refractivity contribution in [1.82, 2.24) is 9.88 Å². The van der Waals surface area contributed by atoms with E-state index in [0.717, 1.165) is 35.4 Å². The van der Waals surface area contributed by atoms with Crippen molar-refractivity contribution < 1.29 is 0 Å². The average Bonchev–Trinajstić information content (AvgIpc) is 2.37. The van der Waals surface area contributed by atoms with Gasteiger partial charge in [-0.15, -0.1) is 0 Å². The molecule has 0 aliphatic carbocycles. The lowest BCUT2D eigenvalue weighted by Gasteiger charge is -2.12. The molecule has 1 aromatic heterocycles. The summed E-state index contributed by atoms with van der Waals surface area (Å²) in [4.78, 5) is 6.73. The average molecular weight is 244 g/mol. The van der Waals surface area contributed by atoms with Crippen LogP contribution in [0, 0.1) is 0 Å². The SMILES string of the molecule is CN(C)CCNc1cc(CN)c2ccccc2n1. The second kappa shape index (κ2) is 5.80. The van der Waals surface area contributed by atoms with Gasteiger partial charge < -0.3 is 16.0 Å². The van der Waals surface area contributed by atoms with E-state index in [1.54, 1.807) is 0 Å². The Morgan fingerprint density at radius 1 is 1.28 bits per heavy atom. The van der Waals surface area contributed by atoms with Crippen LogP contribution in [0.15, 0.2) is 30.3 Å². The van der Waals surface area contributed by atoms with E-state index >= 15 is 0 Å². The zero-order chi connectivity index (χ0) is 13.0. The third kappa shape index (κ3) is 2.97. The van der Waals surface area contributed by atoms with E-state index in [1.807, 2.05) is 24.3 Å². The number of anilines is 1. The van der Waals surface area contributed by atoms with Crippen molar-refractivity contribution in [2.45, 2.75) is 6.54 Å². The molecule has 1 heterocycles. The summed E-state index contributed by atoms with van der Waals surface area (Å²) >= 11 is 0. The number of nitrogens with zero attached hydrogens (tertiary/aromatic N) is 2. The molecule has 0 saturated heterocycles. The number of likely N-dealkylation sites (N-methyl/N-ethyl adjacent to an activating group) is 1. The molecule has 0 radical (unpaired) electrons. The standard InChI is InChI=1S/C14H20N4/c1-18(2)8-7-16-14-9-11(10-15)12-5-3-4-6-13(12)17-14/h3-6,9H,7-8,10,15H2,1-2H3,(H,16,17). The van der Waals surface area contributed by atoms with Crippen LogP contribution in [0.1, 0.15) is 5.56 Å². The monoisotopic (exact) mass is 244 g/mol. The summed E-state index contributed by atoms with van der Waals surface area (Å²) < 4.78 is 0. The molecule has 2 rings (SSSR count). The second-order valence-corrected chi connectivity index (χ2v) is 4.62. The number of benzene rings is 1. The summed E-state index contributed by atoms with van der Waals surface area (Å²) in [6.07, 6.45) is 0. The fourth-order valence-electron chi connectivity index (χ4n) is 1.91. The Morgan fingerprint density at radius 2 is 2.06 bits per heavy atom. The number of hydrogen-bond donors (Lipinski definition) is 2. The summed E-state index contributed by atoms with van der Waals surface area (Å²) in [5.74, 6) is 0.899. The topological polar surface area (TPSA) is 54.2 Å². The smallest absolute Gasteiger partial charge is 0.127 e. The zero-order valence-corrected chi connectivity index (χ0v) is 11.0. The van der Waals surface area contributed by atoms with Gasteiger partial charge in [-0.05, 0) is 31.8 Å². The Morgan fingerprint density at radius 3 is 2.78 bits per heavy atom. The first-order valence-corrected chi connectivity index (χ1v) is 6.18. The minimum absolute atomic E-state index is 0.533. The molecule has 0 atom stereocenters. The second-order valence-electron chi connectivity index (χ2n) is 4.62. The number of fused-ring (bicyclic) bond motifs is 1. The molecule has 0 spiro atoms. The van der Waals surface area contributed by atoms with Crippen LogP contribution in [-0.4, -0.2) is 37.1 Å². The summed E-state index contributed by atoms with van der Waals surface area (Å²) in [7, 11) is 4.11. The highest BCUT2D eigenvalue weighted by molar-refractivity contribution is 5.83. The van der Waals surface area contributed by atoms with E-state index < -0.39 is 0 Å². The Hall–Kier alpha value is -1.65. The fourth-order valence-corrected chi connectivity index (χ4v) is 1.91. The molecule has 0 aliphatic rings. The molecule has 4 nitrogen and oxygen atoms in total. The molecule has 18 heavy (non-hydrogen) atoms. The normalized spacial score (nSPS) is 11.1. The van der Waals surface area contributed by atoms with Gasteiger partial charge in [0.15, 0.2) is 0 Å². The van der Waals surface area contributed by atoms with E-state index in [1.165, 1.54) is 0 Å². The molecule has 1 aromatic carbocycles. The molecule has 96 valence electrons. The van der Waals surface area contributed by atoms with Crippen molar-refractivity contribution in [3.63, 3.8) is 0 Å². The molecule has 0 amide bonds. The quantitative estimate of drug-likeness (QED) is 0.840. The van der Waals surface area contributed by atoms with Crippen LogP contribution in [0.5, 0.6) is 0 Å². The first-order chi connectivity index (χ1) is 8.70. The number of aromatic nitrogens is 1. The van der Waals surface area contributed by atoms with Gasteiger partial charge in [-0.25, -0.2) is 4.98 Å². The van der Waals surface area contributed by atoms with Gasteiger partial charge in [-0.2, -0.15) is 0 Å². The van der Waals surface area contributed by atoms with Crippen molar-refractivity contribution in [3.8, 4) is 0 Å². The van der Waals surface area contributed by atoms with Crippen LogP contribution in [0.2, 0.25) is 0 Å². The molecule has 3 N–H and O–H groups in total. The highest BCUT2D eigenvalue weighted by Gasteiger charge is 2.03. The molecule has 0 bridgehead atoms.